The maximum absolute atomic E-state index is 12.8. The van der Waals surface area contributed by atoms with Crippen molar-refractivity contribution in [2.24, 2.45) is 0 Å². The molecule has 0 saturated carbocycles. The first-order valence-electron chi connectivity index (χ1n) is 8.61. The first-order valence-corrected chi connectivity index (χ1v) is 8.61. The summed E-state index contributed by atoms with van der Waals surface area (Å²) in [4.78, 5) is 19.2. The summed E-state index contributed by atoms with van der Waals surface area (Å²) < 4.78 is 11.1. The van der Waals surface area contributed by atoms with E-state index in [9.17, 15) is 4.79 Å². The van der Waals surface area contributed by atoms with Crippen LogP contribution < -0.4 is 9.47 Å². The SMILES string of the molecule is COc1ccc(CN2Cc3cc4ccccc4nc3OC(C)C2=O)cc1. The number of rotatable bonds is 3. The Hall–Kier alpha value is -3.08. The molecule has 132 valence electrons. The molecule has 0 spiro atoms. The lowest BCUT2D eigenvalue weighted by molar-refractivity contribution is -0.138. The third-order valence-electron chi connectivity index (χ3n) is 4.60. The summed E-state index contributed by atoms with van der Waals surface area (Å²) in [6.07, 6.45) is -0.567. The average Bonchev–Trinajstić information content (AvgIpc) is 2.77. The number of hydrogen-bond acceptors (Lipinski definition) is 4. The summed E-state index contributed by atoms with van der Waals surface area (Å²) >= 11 is 0. The van der Waals surface area contributed by atoms with Crippen LogP contribution in [0.3, 0.4) is 0 Å². The zero-order valence-electron chi connectivity index (χ0n) is 14.8. The van der Waals surface area contributed by atoms with Gasteiger partial charge in [0.1, 0.15) is 5.75 Å². The molecule has 0 aliphatic carbocycles. The first-order chi connectivity index (χ1) is 12.6. The molecule has 5 nitrogen and oxygen atoms in total. The molecule has 4 rings (SSSR count). The fraction of sp³-hybridized carbons (Fsp3) is 0.238. The van der Waals surface area contributed by atoms with Crippen molar-refractivity contribution in [3.8, 4) is 11.6 Å². The van der Waals surface area contributed by atoms with E-state index in [1.165, 1.54) is 0 Å². The van der Waals surface area contributed by atoms with Gasteiger partial charge < -0.3 is 14.4 Å². The molecule has 1 amide bonds. The van der Waals surface area contributed by atoms with Gasteiger partial charge in [0.05, 0.1) is 19.2 Å². The van der Waals surface area contributed by atoms with Gasteiger partial charge in [0.15, 0.2) is 6.10 Å². The normalized spacial score (nSPS) is 16.8. The van der Waals surface area contributed by atoms with Crippen molar-refractivity contribution < 1.29 is 14.3 Å². The minimum absolute atomic E-state index is 0.0390. The molecule has 1 atom stereocenters. The molecule has 2 heterocycles. The number of pyridine rings is 1. The number of fused-ring (bicyclic) bond motifs is 2. The monoisotopic (exact) mass is 348 g/mol. The predicted molar refractivity (Wildman–Crippen MR) is 99.1 cm³/mol. The molecular weight excluding hydrogens is 328 g/mol. The molecule has 26 heavy (non-hydrogen) atoms. The van der Waals surface area contributed by atoms with E-state index in [0.717, 1.165) is 27.8 Å². The zero-order valence-corrected chi connectivity index (χ0v) is 14.8. The molecule has 0 radical (unpaired) electrons. The number of carbonyl (C=O) groups is 1. The smallest absolute Gasteiger partial charge is 0.264 e. The van der Waals surface area contributed by atoms with E-state index >= 15 is 0 Å². The van der Waals surface area contributed by atoms with Crippen molar-refractivity contribution in [1.29, 1.82) is 0 Å². The predicted octanol–water partition coefficient (Wildman–Crippen LogP) is 3.55. The van der Waals surface area contributed by atoms with Crippen molar-refractivity contribution in [2.75, 3.05) is 7.11 Å². The van der Waals surface area contributed by atoms with Gasteiger partial charge in [0, 0.05) is 17.5 Å². The van der Waals surface area contributed by atoms with Crippen LogP contribution in [0, 0.1) is 0 Å². The summed E-state index contributed by atoms with van der Waals surface area (Å²) in [7, 11) is 1.64. The lowest BCUT2D eigenvalue weighted by Crippen LogP contribution is -2.37. The second-order valence-corrected chi connectivity index (χ2v) is 6.45. The third kappa shape index (κ3) is 3.08. The number of aromatic nitrogens is 1. The lowest BCUT2D eigenvalue weighted by Gasteiger charge is -2.22. The number of nitrogens with zero attached hydrogens (tertiary/aromatic N) is 2. The van der Waals surface area contributed by atoms with E-state index in [1.807, 2.05) is 53.4 Å². The standard InChI is InChI=1S/C21H20N2O3/c1-14-21(24)23(12-15-7-9-18(25-2)10-8-15)13-17-11-16-5-3-4-6-19(16)22-20(17)26-14/h3-11,14H,12-13H2,1-2H3. The quantitative estimate of drug-likeness (QED) is 0.726. The van der Waals surface area contributed by atoms with Crippen LogP contribution in [0.25, 0.3) is 10.9 Å². The molecule has 1 aliphatic heterocycles. The van der Waals surface area contributed by atoms with Crippen LogP contribution in [-0.2, 0) is 17.9 Å². The molecule has 0 saturated heterocycles. The lowest BCUT2D eigenvalue weighted by atomic mass is 10.1. The number of amides is 1. The molecule has 1 aromatic heterocycles. The van der Waals surface area contributed by atoms with Crippen LogP contribution in [0.4, 0.5) is 0 Å². The fourth-order valence-electron chi connectivity index (χ4n) is 3.20. The van der Waals surface area contributed by atoms with E-state index in [-0.39, 0.29) is 5.91 Å². The van der Waals surface area contributed by atoms with Crippen molar-refractivity contribution in [3.63, 3.8) is 0 Å². The summed E-state index contributed by atoms with van der Waals surface area (Å²) in [5, 5.41) is 1.04. The van der Waals surface area contributed by atoms with Gasteiger partial charge >= 0.3 is 0 Å². The maximum atomic E-state index is 12.8. The Labute approximate surface area is 152 Å². The fourth-order valence-corrected chi connectivity index (χ4v) is 3.20. The summed E-state index contributed by atoms with van der Waals surface area (Å²) in [5.41, 5.74) is 2.84. The van der Waals surface area contributed by atoms with Crippen molar-refractivity contribution in [1.82, 2.24) is 9.88 Å². The van der Waals surface area contributed by atoms with Crippen LogP contribution in [0.2, 0.25) is 0 Å². The van der Waals surface area contributed by atoms with Crippen LogP contribution in [-0.4, -0.2) is 29.0 Å². The molecule has 0 bridgehead atoms. The highest BCUT2D eigenvalue weighted by Gasteiger charge is 2.29. The summed E-state index contributed by atoms with van der Waals surface area (Å²) in [6.45, 7) is 2.76. The molecular formula is C21H20N2O3. The Morgan fingerprint density at radius 1 is 1.19 bits per heavy atom. The number of methoxy groups -OCH3 is 1. The highest BCUT2D eigenvalue weighted by atomic mass is 16.5. The largest absolute Gasteiger partial charge is 0.497 e. The van der Waals surface area contributed by atoms with E-state index < -0.39 is 6.10 Å². The second kappa shape index (κ2) is 6.67. The van der Waals surface area contributed by atoms with Crippen LogP contribution in [0.1, 0.15) is 18.1 Å². The average molecular weight is 348 g/mol. The Balaban J connectivity index is 1.67. The highest BCUT2D eigenvalue weighted by Crippen LogP contribution is 2.28. The summed E-state index contributed by atoms with van der Waals surface area (Å²) in [5.74, 6) is 1.30. The van der Waals surface area contributed by atoms with Crippen LogP contribution in [0.5, 0.6) is 11.6 Å². The minimum Gasteiger partial charge on any atom is -0.497 e. The Morgan fingerprint density at radius 3 is 2.73 bits per heavy atom. The van der Waals surface area contributed by atoms with Crippen LogP contribution in [0.15, 0.2) is 54.6 Å². The second-order valence-electron chi connectivity index (χ2n) is 6.45. The number of hydrogen-bond donors (Lipinski definition) is 0. The van der Waals surface area contributed by atoms with Gasteiger partial charge in [-0.1, -0.05) is 30.3 Å². The van der Waals surface area contributed by atoms with Gasteiger partial charge in [-0.15, -0.1) is 0 Å². The van der Waals surface area contributed by atoms with Gasteiger partial charge in [0.25, 0.3) is 5.91 Å². The van der Waals surface area contributed by atoms with Crippen molar-refractivity contribution in [3.05, 3.63) is 65.7 Å². The van der Waals surface area contributed by atoms with Gasteiger partial charge in [-0.3, -0.25) is 4.79 Å². The van der Waals surface area contributed by atoms with Gasteiger partial charge in [0.2, 0.25) is 5.88 Å². The molecule has 5 heteroatoms. The summed E-state index contributed by atoms with van der Waals surface area (Å²) in [6, 6.07) is 17.7. The Kier molecular flexibility index (Phi) is 4.21. The minimum atomic E-state index is -0.567. The molecule has 2 aromatic carbocycles. The van der Waals surface area contributed by atoms with Crippen LogP contribution >= 0.6 is 0 Å². The third-order valence-corrected chi connectivity index (χ3v) is 4.60. The molecule has 3 aromatic rings. The Morgan fingerprint density at radius 2 is 1.96 bits per heavy atom. The van der Waals surface area contributed by atoms with Gasteiger partial charge in [-0.25, -0.2) is 4.98 Å². The van der Waals surface area contributed by atoms with Gasteiger partial charge in [-0.2, -0.15) is 0 Å². The van der Waals surface area contributed by atoms with Crippen molar-refractivity contribution in [2.45, 2.75) is 26.1 Å². The van der Waals surface area contributed by atoms with E-state index in [1.54, 1.807) is 14.0 Å². The maximum Gasteiger partial charge on any atom is 0.264 e. The van der Waals surface area contributed by atoms with E-state index in [4.69, 9.17) is 9.47 Å². The highest BCUT2D eigenvalue weighted by molar-refractivity contribution is 5.83. The number of para-hydroxylation sites is 1. The van der Waals surface area contributed by atoms with E-state index in [2.05, 4.69) is 11.1 Å². The topological polar surface area (TPSA) is 51.7 Å². The van der Waals surface area contributed by atoms with Crippen molar-refractivity contribution >= 4 is 16.8 Å². The van der Waals surface area contributed by atoms with E-state index in [0.29, 0.717) is 19.0 Å². The number of ether oxygens (including phenoxy) is 2. The molecule has 1 unspecified atom stereocenters. The molecule has 0 fully saturated rings. The molecule has 0 N–H and O–H groups in total. The van der Waals surface area contributed by atoms with Gasteiger partial charge in [-0.05, 0) is 36.8 Å². The first kappa shape index (κ1) is 16.4. The Bertz CT molecular complexity index is 953. The number of benzene rings is 2. The zero-order chi connectivity index (χ0) is 18.1. The molecule has 1 aliphatic rings. The number of carbonyl (C=O) groups excluding carboxylic acids is 1.